The molecule has 0 saturated carbocycles. The molecule has 17 heavy (non-hydrogen) atoms. The maximum absolute atomic E-state index is 11.8. The number of hydrogen-bond acceptors (Lipinski definition) is 4. The molecule has 2 N–H and O–H groups in total. The Hall–Kier alpha value is -1.42. The first-order valence-corrected chi connectivity index (χ1v) is 6.95. The van der Waals surface area contributed by atoms with Gasteiger partial charge in [0, 0.05) is 19.1 Å². The van der Waals surface area contributed by atoms with Crippen LogP contribution in [0.1, 0.15) is 11.1 Å². The van der Waals surface area contributed by atoms with Crippen LogP contribution < -0.4 is 10.0 Å². The van der Waals surface area contributed by atoms with Gasteiger partial charge in [0.1, 0.15) is 0 Å². The largest absolute Gasteiger partial charge is 0.313 e. The van der Waals surface area contributed by atoms with Crippen molar-refractivity contribution in [1.29, 1.82) is 5.26 Å². The molecule has 5 nitrogen and oxygen atoms in total. The minimum atomic E-state index is -3.37. The van der Waals surface area contributed by atoms with Gasteiger partial charge in [-0.1, -0.05) is 18.2 Å². The molecule has 6 heteroatoms. The maximum atomic E-state index is 11.8. The highest BCUT2D eigenvalue weighted by Gasteiger charge is 2.23. The topological polar surface area (TPSA) is 82.0 Å². The summed E-state index contributed by atoms with van der Waals surface area (Å²) in [5.41, 5.74) is 0.944. The van der Waals surface area contributed by atoms with E-state index in [1.54, 1.807) is 24.3 Å². The molecule has 1 fully saturated rings. The lowest BCUT2D eigenvalue weighted by Crippen LogP contribution is -2.57. The molecule has 1 aromatic rings. The predicted molar refractivity (Wildman–Crippen MR) is 63.6 cm³/mol. The molecular formula is C11H13N3O2S. The Balaban J connectivity index is 2.11. The fourth-order valence-electron chi connectivity index (χ4n) is 1.63. The molecule has 0 bridgehead atoms. The Kier molecular flexibility index (Phi) is 3.43. The summed E-state index contributed by atoms with van der Waals surface area (Å²) in [5.74, 6) is -0.146. The van der Waals surface area contributed by atoms with Crippen LogP contribution in [0.4, 0.5) is 0 Å². The van der Waals surface area contributed by atoms with E-state index in [0.717, 1.165) is 0 Å². The van der Waals surface area contributed by atoms with Crippen LogP contribution in [0.25, 0.3) is 0 Å². The van der Waals surface area contributed by atoms with E-state index < -0.39 is 10.0 Å². The third-order valence-corrected chi connectivity index (χ3v) is 3.99. The van der Waals surface area contributed by atoms with Gasteiger partial charge in [-0.15, -0.1) is 0 Å². The number of nitrogens with zero attached hydrogens (tertiary/aromatic N) is 1. The molecule has 90 valence electrons. The molecule has 1 saturated heterocycles. The standard InChI is InChI=1S/C11H13N3O2S/c12-5-9-3-1-2-4-10(9)8-17(15,16)14-11-6-13-7-11/h1-4,11,13-14H,6-8H2. The maximum Gasteiger partial charge on any atom is 0.216 e. The van der Waals surface area contributed by atoms with Crippen LogP contribution in [0.3, 0.4) is 0 Å². The quantitative estimate of drug-likeness (QED) is 0.786. The molecule has 1 aliphatic heterocycles. The van der Waals surface area contributed by atoms with Gasteiger partial charge in [0.15, 0.2) is 0 Å². The van der Waals surface area contributed by atoms with E-state index in [2.05, 4.69) is 10.0 Å². The number of rotatable bonds is 4. The van der Waals surface area contributed by atoms with Gasteiger partial charge in [-0.25, -0.2) is 13.1 Å². The van der Waals surface area contributed by atoms with Crippen LogP contribution in [0, 0.1) is 11.3 Å². The van der Waals surface area contributed by atoms with Gasteiger partial charge in [-0.3, -0.25) is 0 Å². The molecule has 1 aromatic carbocycles. The van der Waals surface area contributed by atoms with Crippen molar-refractivity contribution in [2.45, 2.75) is 11.8 Å². The number of hydrogen-bond donors (Lipinski definition) is 2. The monoisotopic (exact) mass is 251 g/mol. The molecule has 2 rings (SSSR count). The highest BCUT2D eigenvalue weighted by molar-refractivity contribution is 7.88. The summed E-state index contributed by atoms with van der Waals surface area (Å²) >= 11 is 0. The van der Waals surface area contributed by atoms with Crippen molar-refractivity contribution in [3.05, 3.63) is 35.4 Å². The van der Waals surface area contributed by atoms with Crippen molar-refractivity contribution in [2.24, 2.45) is 0 Å². The zero-order valence-electron chi connectivity index (χ0n) is 9.18. The van der Waals surface area contributed by atoms with Gasteiger partial charge >= 0.3 is 0 Å². The van der Waals surface area contributed by atoms with Gasteiger partial charge in [-0.2, -0.15) is 5.26 Å². The zero-order chi connectivity index (χ0) is 12.3. The Morgan fingerprint density at radius 3 is 2.71 bits per heavy atom. The first-order valence-electron chi connectivity index (χ1n) is 5.29. The smallest absolute Gasteiger partial charge is 0.216 e. The Morgan fingerprint density at radius 1 is 1.41 bits per heavy atom. The normalized spacial score (nSPS) is 16.2. The molecular weight excluding hydrogens is 238 g/mol. The summed E-state index contributed by atoms with van der Waals surface area (Å²) in [7, 11) is -3.37. The molecule has 0 atom stereocenters. The van der Waals surface area contributed by atoms with Crippen LogP contribution >= 0.6 is 0 Å². The average molecular weight is 251 g/mol. The molecule has 0 radical (unpaired) electrons. The second-order valence-corrected chi connectivity index (χ2v) is 5.75. The molecule has 0 unspecified atom stereocenters. The van der Waals surface area contributed by atoms with Crippen molar-refractivity contribution in [3.63, 3.8) is 0 Å². The Bertz CT molecular complexity index is 544. The van der Waals surface area contributed by atoms with E-state index in [-0.39, 0.29) is 11.8 Å². The first-order chi connectivity index (χ1) is 8.11. The number of nitrogens with one attached hydrogen (secondary N) is 2. The summed E-state index contributed by atoms with van der Waals surface area (Å²) < 4.78 is 26.2. The fourth-order valence-corrected chi connectivity index (χ4v) is 3.05. The van der Waals surface area contributed by atoms with Crippen LogP contribution in [-0.4, -0.2) is 27.5 Å². The minimum Gasteiger partial charge on any atom is -0.313 e. The van der Waals surface area contributed by atoms with Gasteiger partial charge in [0.2, 0.25) is 10.0 Å². The Labute approximate surface area is 101 Å². The van der Waals surface area contributed by atoms with E-state index in [0.29, 0.717) is 24.2 Å². The van der Waals surface area contributed by atoms with Crippen molar-refractivity contribution >= 4 is 10.0 Å². The summed E-state index contributed by atoms with van der Waals surface area (Å²) in [5, 5.41) is 11.9. The lowest BCUT2D eigenvalue weighted by atomic mass is 10.1. The van der Waals surface area contributed by atoms with Crippen molar-refractivity contribution in [2.75, 3.05) is 13.1 Å². The average Bonchev–Trinajstić information content (AvgIpc) is 2.24. The number of nitriles is 1. The highest BCUT2D eigenvalue weighted by Crippen LogP contribution is 2.11. The van der Waals surface area contributed by atoms with Crippen molar-refractivity contribution < 1.29 is 8.42 Å². The van der Waals surface area contributed by atoms with E-state index >= 15 is 0 Å². The van der Waals surface area contributed by atoms with Gasteiger partial charge in [0.05, 0.1) is 17.4 Å². The Morgan fingerprint density at radius 2 is 2.12 bits per heavy atom. The summed E-state index contributed by atoms with van der Waals surface area (Å²) in [6, 6.07) is 8.71. The van der Waals surface area contributed by atoms with Gasteiger partial charge in [-0.05, 0) is 11.6 Å². The van der Waals surface area contributed by atoms with Crippen LogP contribution in [0.15, 0.2) is 24.3 Å². The lowest BCUT2D eigenvalue weighted by molar-refractivity contribution is 0.410. The van der Waals surface area contributed by atoms with Crippen molar-refractivity contribution in [3.8, 4) is 6.07 Å². The molecule has 0 spiro atoms. The third-order valence-electron chi connectivity index (χ3n) is 2.61. The predicted octanol–water partition coefficient (Wildman–Crippen LogP) is -0.0505. The first kappa shape index (κ1) is 12.0. The minimum absolute atomic E-state index is 0.0192. The summed E-state index contributed by atoms with van der Waals surface area (Å²) in [6.45, 7) is 1.33. The third kappa shape index (κ3) is 3.03. The fraction of sp³-hybridized carbons (Fsp3) is 0.364. The van der Waals surface area contributed by atoms with Crippen LogP contribution in [-0.2, 0) is 15.8 Å². The van der Waals surface area contributed by atoms with Gasteiger partial charge in [0.25, 0.3) is 0 Å². The lowest BCUT2D eigenvalue weighted by Gasteiger charge is -2.27. The second-order valence-electron chi connectivity index (χ2n) is 4.00. The summed E-state index contributed by atoms with van der Waals surface area (Å²) in [6.07, 6.45) is 0. The molecule has 1 heterocycles. The SMILES string of the molecule is N#Cc1ccccc1CS(=O)(=O)NC1CNC1. The zero-order valence-corrected chi connectivity index (χ0v) is 10.00. The highest BCUT2D eigenvalue weighted by atomic mass is 32.2. The second kappa shape index (κ2) is 4.84. The van der Waals surface area contributed by atoms with Crippen LogP contribution in [0.5, 0.6) is 0 Å². The molecule has 1 aliphatic rings. The molecule has 0 aliphatic carbocycles. The number of sulfonamides is 1. The number of benzene rings is 1. The van der Waals surface area contributed by atoms with E-state index in [1.807, 2.05) is 6.07 Å². The summed E-state index contributed by atoms with van der Waals surface area (Å²) in [4.78, 5) is 0. The molecule has 0 aromatic heterocycles. The van der Waals surface area contributed by atoms with Crippen LogP contribution in [0.2, 0.25) is 0 Å². The van der Waals surface area contributed by atoms with Crippen molar-refractivity contribution in [1.82, 2.24) is 10.0 Å². The van der Waals surface area contributed by atoms with E-state index in [1.165, 1.54) is 0 Å². The van der Waals surface area contributed by atoms with E-state index in [9.17, 15) is 8.42 Å². The van der Waals surface area contributed by atoms with Gasteiger partial charge < -0.3 is 5.32 Å². The molecule has 0 amide bonds. The van der Waals surface area contributed by atoms with E-state index in [4.69, 9.17) is 5.26 Å².